The van der Waals surface area contributed by atoms with E-state index < -0.39 is 10.0 Å². The van der Waals surface area contributed by atoms with Gasteiger partial charge in [-0.2, -0.15) is 0 Å². The molecule has 0 fully saturated rings. The summed E-state index contributed by atoms with van der Waals surface area (Å²) in [5.74, 6) is 0. The van der Waals surface area contributed by atoms with E-state index in [0.717, 1.165) is 5.56 Å². The molecule has 0 aromatic heterocycles. The molecular weight excluding hydrogens is 268 g/mol. The van der Waals surface area contributed by atoms with Gasteiger partial charge in [-0.05, 0) is 24.6 Å². The molecule has 0 spiro atoms. The van der Waals surface area contributed by atoms with Crippen LogP contribution >= 0.6 is 0 Å². The molecule has 19 heavy (non-hydrogen) atoms. The van der Waals surface area contributed by atoms with Gasteiger partial charge in [0.2, 0.25) is 10.0 Å². The number of nitrogens with two attached hydrogens (primary N) is 1. The minimum absolute atomic E-state index is 0.00733. The van der Waals surface area contributed by atoms with Gasteiger partial charge in [0.1, 0.15) is 0 Å². The van der Waals surface area contributed by atoms with Crippen LogP contribution in [0.4, 0.5) is 0 Å². The molecule has 0 saturated carbocycles. The third kappa shape index (κ3) is 4.88. The molecule has 6 nitrogen and oxygen atoms in total. The van der Waals surface area contributed by atoms with Gasteiger partial charge in [-0.25, -0.2) is 13.6 Å². The molecule has 3 N–H and O–H groups in total. The van der Waals surface area contributed by atoms with Crippen molar-refractivity contribution in [2.24, 2.45) is 5.14 Å². The summed E-state index contributed by atoms with van der Waals surface area (Å²) >= 11 is 0. The minimum Gasteiger partial charge on any atom is -0.354 e. The number of rotatable bonds is 7. The lowest BCUT2D eigenvalue weighted by molar-refractivity contribution is -0.119. The number of hydrogen-bond acceptors (Lipinski definition) is 5. The number of hydrogen-bond donors (Lipinski definition) is 2. The minimum atomic E-state index is -3.63. The van der Waals surface area contributed by atoms with E-state index in [9.17, 15) is 8.42 Å². The third-order valence-corrected chi connectivity index (χ3v) is 3.68. The van der Waals surface area contributed by atoms with Crippen LogP contribution in [-0.2, 0) is 26.0 Å². The number of methoxy groups -OCH3 is 2. The van der Waals surface area contributed by atoms with E-state index in [1.165, 1.54) is 12.1 Å². The fourth-order valence-electron chi connectivity index (χ4n) is 1.68. The van der Waals surface area contributed by atoms with Gasteiger partial charge in [0, 0.05) is 20.8 Å². The van der Waals surface area contributed by atoms with E-state index in [-0.39, 0.29) is 17.2 Å². The van der Waals surface area contributed by atoms with E-state index in [1.807, 2.05) is 6.92 Å². The molecule has 0 aliphatic carbocycles. The van der Waals surface area contributed by atoms with Crippen LogP contribution in [0.25, 0.3) is 0 Å². The zero-order valence-corrected chi connectivity index (χ0v) is 12.1. The van der Waals surface area contributed by atoms with Crippen LogP contribution in [0.2, 0.25) is 0 Å². The first-order valence-electron chi connectivity index (χ1n) is 5.79. The Balaban J connectivity index is 2.60. The number of primary sulfonamides is 1. The van der Waals surface area contributed by atoms with Crippen molar-refractivity contribution in [3.05, 3.63) is 29.8 Å². The molecule has 1 aromatic rings. The van der Waals surface area contributed by atoms with Gasteiger partial charge in [-0.1, -0.05) is 12.1 Å². The Morgan fingerprint density at radius 1 is 1.21 bits per heavy atom. The highest BCUT2D eigenvalue weighted by molar-refractivity contribution is 7.89. The van der Waals surface area contributed by atoms with Crippen molar-refractivity contribution in [3.63, 3.8) is 0 Å². The molecule has 0 aliphatic rings. The lowest BCUT2D eigenvalue weighted by atomic mass is 10.2. The summed E-state index contributed by atoms with van der Waals surface area (Å²) in [5, 5.41) is 8.26. The Hall–Kier alpha value is -0.990. The summed E-state index contributed by atoms with van der Waals surface area (Å²) in [5.41, 5.74) is 0.949. The Kier molecular flexibility index (Phi) is 5.89. The number of benzene rings is 1. The first-order chi connectivity index (χ1) is 8.88. The van der Waals surface area contributed by atoms with Crippen molar-refractivity contribution in [3.8, 4) is 0 Å². The summed E-state index contributed by atoms with van der Waals surface area (Å²) in [4.78, 5) is 0.107. The number of sulfonamides is 1. The van der Waals surface area contributed by atoms with Gasteiger partial charge in [0.25, 0.3) is 0 Å². The van der Waals surface area contributed by atoms with Gasteiger partial charge in [0.15, 0.2) is 6.29 Å². The Labute approximate surface area is 113 Å². The molecule has 0 radical (unpaired) electrons. The first-order valence-corrected chi connectivity index (χ1v) is 7.34. The van der Waals surface area contributed by atoms with E-state index in [0.29, 0.717) is 6.54 Å². The van der Waals surface area contributed by atoms with Gasteiger partial charge in [-0.15, -0.1) is 0 Å². The largest absolute Gasteiger partial charge is 0.354 e. The molecule has 108 valence electrons. The average molecular weight is 288 g/mol. The predicted octanol–water partition coefficient (Wildman–Crippen LogP) is 0.431. The highest BCUT2D eigenvalue weighted by Gasteiger charge is 2.14. The molecule has 1 atom stereocenters. The fraction of sp³-hybridized carbons (Fsp3) is 0.500. The molecule has 7 heteroatoms. The van der Waals surface area contributed by atoms with Crippen LogP contribution in [0, 0.1) is 0 Å². The van der Waals surface area contributed by atoms with E-state index in [4.69, 9.17) is 14.6 Å². The predicted molar refractivity (Wildman–Crippen MR) is 71.9 cm³/mol. The SMILES string of the molecule is COC(OC)C(C)NCc1ccc(S(N)(=O)=O)cc1. The van der Waals surface area contributed by atoms with E-state index in [2.05, 4.69) is 5.32 Å². The number of nitrogens with one attached hydrogen (secondary N) is 1. The highest BCUT2D eigenvalue weighted by Crippen LogP contribution is 2.09. The standard InChI is InChI=1S/C12H20N2O4S/c1-9(12(17-2)18-3)14-8-10-4-6-11(7-5-10)19(13,15)16/h4-7,9,12,14H,8H2,1-3H3,(H2,13,15,16). The van der Waals surface area contributed by atoms with Crippen LogP contribution in [0.1, 0.15) is 12.5 Å². The maximum absolute atomic E-state index is 11.1. The molecule has 1 unspecified atom stereocenters. The van der Waals surface area contributed by atoms with Crippen molar-refractivity contribution >= 4 is 10.0 Å². The maximum Gasteiger partial charge on any atom is 0.238 e. The Morgan fingerprint density at radius 3 is 2.16 bits per heavy atom. The smallest absolute Gasteiger partial charge is 0.238 e. The molecule has 0 amide bonds. The molecule has 1 rings (SSSR count). The van der Waals surface area contributed by atoms with Gasteiger partial charge >= 0.3 is 0 Å². The quantitative estimate of drug-likeness (QED) is 0.710. The molecule has 0 heterocycles. The van der Waals surface area contributed by atoms with E-state index in [1.54, 1.807) is 26.4 Å². The van der Waals surface area contributed by atoms with Crippen LogP contribution in [0.15, 0.2) is 29.2 Å². The average Bonchev–Trinajstić information content (AvgIpc) is 2.37. The topological polar surface area (TPSA) is 90.7 Å². The second-order valence-corrected chi connectivity index (χ2v) is 5.76. The monoisotopic (exact) mass is 288 g/mol. The highest BCUT2D eigenvalue weighted by atomic mass is 32.2. The van der Waals surface area contributed by atoms with Crippen molar-refractivity contribution in [1.29, 1.82) is 0 Å². The van der Waals surface area contributed by atoms with Gasteiger partial charge in [0.05, 0.1) is 10.9 Å². The number of ether oxygens (including phenoxy) is 2. The summed E-state index contributed by atoms with van der Waals surface area (Å²) in [7, 11) is -0.479. The maximum atomic E-state index is 11.1. The summed E-state index contributed by atoms with van der Waals surface area (Å²) in [6.45, 7) is 2.52. The summed E-state index contributed by atoms with van der Waals surface area (Å²) < 4.78 is 32.5. The lowest BCUT2D eigenvalue weighted by Crippen LogP contribution is -2.39. The van der Waals surface area contributed by atoms with Crippen molar-refractivity contribution in [2.75, 3.05) is 14.2 Å². The zero-order valence-electron chi connectivity index (χ0n) is 11.3. The van der Waals surface area contributed by atoms with E-state index >= 15 is 0 Å². The molecule has 1 aromatic carbocycles. The van der Waals surface area contributed by atoms with Gasteiger partial charge in [-0.3, -0.25) is 0 Å². The van der Waals surface area contributed by atoms with Crippen LogP contribution in [0.3, 0.4) is 0 Å². The Bertz CT molecular complexity index is 483. The zero-order chi connectivity index (χ0) is 14.5. The fourth-order valence-corrected chi connectivity index (χ4v) is 2.19. The summed E-state index contributed by atoms with van der Waals surface area (Å²) in [6.07, 6.45) is -0.330. The summed E-state index contributed by atoms with van der Waals surface area (Å²) in [6, 6.07) is 6.41. The van der Waals surface area contributed by atoms with Crippen LogP contribution < -0.4 is 10.5 Å². The van der Waals surface area contributed by atoms with Crippen molar-refractivity contribution in [1.82, 2.24) is 5.32 Å². The molecule has 0 saturated heterocycles. The molecule has 0 bridgehead atoms. The van der Waals surface area contributed by atoms with Crippen LogP contribution in [-0.4, -0.2) is 35.0 Å². The third-order valence-electron chi connectivity index (χ3n) is 2.75. The second kappa shape index (κ2) is 6.97. The Morgan fingerprint density at radius 2 is 1.74 bits per heavy atom. The van der Waals surface area contributed by atoms with Crippen molar-refractivity contribution in [2.45, 2.75) is 30.7 Å². The van der Waals surface area contributed by atoms with Crippen LogP contribution in [0.5, 0.6) is 0 Å². The lowest BCUT2D eigenvalue weighted by Gasteiger charge is -2.22. The van der Waals surface area contributed by atoms with Crippen molar-refractivity contribution < 1.29 is 17.9 Å². The molecular formula is C12H20N2O4S. The van der Waals surface area contributed by atoms with Gasteiger partial charge < -0.3 is 14.8 Å². The first kappa shape index (κ1) is 16.1. The normalized spacial score (nSPS) is 13.7. The second-order valence-electron chi connectivity index (χ2n) is 4.20. The molecule has 0 aliphatic heterocycles.